The van der Waals surface area contributed by atoms with E-state index in [0.29, 0.717) is 26.3 Å². The maximum absolute atomic E-state index is 12.9. The zero-order chi connectivity index (χ0) is 23.5. The van der Waals surface area contributed by atoms with Crippen molar-refractivity contribution in [1.29, 1.82) is 0 Å². The molecule has 0 saturated carbocycles. The van der Waals surface area contributed by atoms with E-state index in [-0.39, 0.29) is 18.3 Å². The molecule has 2 heterocycles. The summed E-state index contributed by atoms with van der Waals surface area (Å²) < 4.78 is 24.1. The van der Waals surface area contributed by atoms with Gasteiger partial charge in [-0.05, 0) is 68.4 Å². The van der Waals surface area contributed by atoms with Crippen LogP contribution in [-0.2, 0) is 17.8 Å². The maximum Gasteiger partial charge on any atom is 0.199 e. The summed E-state index contributed by atoms with van der Waals surface area (Å²) in [5.41, 5.74) is 2.12. The molecular weight excluding hydrogens is 421 g/mol. The van der Waals surface area contributed by atoms with Crippen molar-refractivity contribution < 1.29 is 19.0 Å². The van der Waals surface area contributed by atoms with Crippen molar-refractivity contribution in [3.05, 3.63) is 65.5 Å². The number of nitrogens with one attached hydrogen (secondary N) is 2. The van der Waals surface area contributed by atoms with Crippen molar-refractivity contribution in [1.82, 2.24) is 15.5 Å². The molecule has 4 rings (SSSR count). The fourth-order valence-corrected chi connectivity index (χ4v) is 3.48. The molecule has 2 saturated heterocycles. The van der Waals surface area contributed by atoms with Crippen molar-refractivity contribution in [2.45, 2.75) is 45.1 Å². The first-order chi connectivity index (χ1) is 16.0. The Hall–Kier alpha value is -2.03. The third kappa shape index (κ3) is 9.39. The molecule has 3 N–H and O–H groups in total. The van der Waals surface area contributed by atoms with Gasteiger partial charge in [-0.25, -0.2) is 4.39 Å². The summed E-state index contributed by atoms with van der Waals surface area (Å²) in [7, 11) is 2.19. The molecule has 182 valence electrons. The van der Waals surface area contributed by atoms with E-state index in [2.05, 4.69) is 22.6 Å². The van der Waals surface area contributed by atoms with E-state index in [1.807, 2.05) is 31.2 Å². The number of piperidine rings is 1. The molecule has 0 amide bonds. The molecule has 2 unspecified atom stereocenters. The number of benzene rings is 2. The maximum atomic E-state index is 12.9. The van der Waals surface area contributed by atoms with E-state index in [1.165, 1.54) is 44.5 Å². The SMILES string of the molecule is CC(CO)COc1ccc(CNC2(NCc3ccc(F)cc3)CO2)cc1.CN1CCCCC1. The first-order valence-corrected chi connectivity index (χ1v) is 11.9. The van der Waals surface area contributed by atoms with Crippen LogP contribution in [0.15, 0.2) is 48.5 Å². The zero-order valence-electron chi connectivity index (χ0n) is 19.9. The second-order valence-corrected chi connectivity index (χ2v) is 9.06. The topological polar surface area (TPSA) is 69.3 Å². The number of nitrogens with zero attached hydrogens (tertiary/aromatic N) is 1. The fraction of sp³-hybridized carbons (Fsp3) is 0.538. The number of halogens is 1. The predicted octanol–water partition coefficient (Wildman–Crippen LogP) is 3.50. The lowest BCUT2D eigenvalue weighted by atomic mass is 10.1. The summed E-state index contributed by atoms with van der Waals surface area (Å²) in [6.45, 7) is 7.04. The van der Waals surface area contributed by atoms with Gasteiger partial charge < -0.3 is 19.5 Å². The van der Waals surface area contributed by atoms with Crippen molar-refractivity contribution in [2.24, 2.45) is 5.92 Å². The first kappa shape index (κ1) is 25.6. The zero-order valence-corrected chi connectivity index (χ0v) is 19.9. The van der Waals surface area contributed by atoms with Gasteiger partial charge in [0, 0.05) is 25.6 Å². The molecule has 0 spiro atoms. The predicted molar refractivity (Wildman–Crippen MR) is 128 cm³/mol. The van der Waals surface area contributed by atoms with Crippen LogP contribution in [0.25, 0.3) is 0 Å². The average Bonchev–Trinajstić information content (AvgIpc) is 3.62. The Bertz CT molecular complexity index is 807. The second-order valence-electron chi connectivity index (χ2n) is 9.06. The van der Waals surface area contributed by atoms with E-state index >= 15 is 0 Å². The van der Waals surface area contributed by atoms with Gasteiger partial charge in [-0.2, -0.15) is 0 Å². The molecule has 6 nitrogen and oxygen atoms in total. The highest BCUT2D eigenvalue weighted by molar-refractivity contribution is 5.27. The van der Waals surface area contributed by atoms with Gasteiger partial charge in [0.2, 0.25) is 0 Å². The van der Waals surface area contributed by atoms with Gasteiger partial charge in [0.25, 0.3) is 0 Å². The Labute approximate surface area is 197 Å². The number of aliphatic hydroxyl groups excluding tert-OH is 1. The van der Waals surface area contributed by atoms with E-state index in [0.717, 1.165) is 16.9 Å². The average molecular weight is 460 g/mol. The lowest BCUT2D eigenvalue weighted by Crippen LogP contribution is -2.45. The number of epoxide rings is 1. The lowest BCUT2D eigenvalue weighted by molar-refractivity contribution is 0.174. The molecule has 0 aliphatic carbocycles. The van der Waals surface area contributed by atoms with Crippen LogP contribution in [0.5, 0.6) is 5.75 Å². The van der Waals surface area contributed by atoms with Crippen LogP contribution in [0, 0.1) is 11.7 Å². The van der Waals surface area contributed by atoms with Gasteiger partial charge in [-0.3, -0.25) is 10.6 Å². The van der Waals surface area contributed by atoms with E-state index in [4.69, 9.17) is 14.6 Å². The van der Waals surface area contributed by atoms with Gasteiger partial charge in [-0.15, -0.1) is 0 Å². The first-order valence-electron chi connectivity index (χ1n) is 11.9. The number of ether oxygens (including phenoxy) is 2. The number of hydrogen-bond donors (Lipinski definition) is 3. The molecule has 2 atom stereocenters. The second kappa shape index (κ2) is 13.0. The van der Waals surface area contributed by atoms with Crippen LogP contribution < -0.4 is 15.4 Å². The standard InChI is InChI=1S/C20H25FN2O3.C6H13N/c1-15(12-24)13-25-19-8-4-17(5-9-19)11-23-20(14-26-20)22-10-16-2-6-18(21)7-3-16;1-7-5-3-2-4-6-7/h2-9,15,22-24H,10-14H2,1H3;2-6H2,1H3. The highest BCUT2D eigenvalue weighted by Crippen LogP contribution is 2.22. The molecular formula is C26H38FN3O3. The molecule has 0 radical (unpaired) electrons. The minimum atomic E-state index is -0.514. The van der Waals surface area contributed by atoms with Crippen LogP contribution in [0.1, 0.15) is 37.3 Å². The summed E-state index contributed by atoms with van der Waals surface area (Å²) in [6, 6.07) is 14.3. The van der Waals surface area contributed by atoms with Crippen molar-refractivity contribution >= 4 is 0 Å². The molecule has 2 aliphatic heterocycles. The van der Waals surface area contributed by atoms with Crippen LogP contribution in [-0.4, -0.2) is 55.8 Å². The molecule has 7 heteroatoms. The van der Waals surface area contributed by atoms with Gasteiger partial charge >= 0.3 is 0 Å². The lowest BCUT2D eigenvalue weighted by Gasteiger charge is -2.20. The highest BCUT2D eigenvalue weighted by atomic mass is 19.1. The quantitative estimate of drug-likeness (QED) is 0.373. The van der Waals surface area contributed by atoms with E-state index in [1.54, 1.807) is 12.1 Å². The molecule has 2 aliphatic rings. The van der Waals surface area contributed by atoms with Gasteiger partial charge in [0.05, 0.1) is 6.61 Å². The third-order valence-corrected chi connectivity index (χ3v) is 5.85. The molecule has 2 aromatic rings. The number of rotatable bonds is 10. The fourth-order valence-electron chi connectivity index (χ4n) is 3.48. The number of hydrogen-bond acceptors (Lipinski definition) is 6. The number of aliphatic hydroxyl groups is 1. The monoisotopic (exact) mass is 459 g/mol. The van der Waals surface area contributed by atoms with Gasteiger partial charge in [0.1, 0.15) is 18.2 Å². The molecule has 0 bridgehead atoms. The Kier molecular flexibility index (Phi) is 10.1. The minimum Gasteiger partial charge on any atom is -0.493 e. The summed E-state index contributed by atoms with van der Waals surface area (Å²) in [4.78, 5) is 2.39. The molecule has 2 aromatic carbocycles. The van der Waals surface area contributed by atoms with Gasteiger partial charge in [0.15, 0.2) is 5.85 Å². The normalized spacial score (nSPS) is 21.1. The highest BCUT2D eigenvalue weighted by Gasteiger charge is 2.43. The van der Waals surface area contributed by atoms with Crippen LogP contribution >= 0.6 is 0 Å². The van der Waals surface area contributed by atoms with E-state index < -0.39 is 5.85 Å². The summed E-state index contributed by atoms with van der Waals surface area (Å²) in [5, 5.41) is 15.7. The van der Waals surface area contributed by atoms with E-state index in [9.17, 15) is 4.39 Å². The smallest absolute Gasteiger partial charge is 0.199 e. The molecule has 33 heavy (non-hydrogen) atoms. The van der Waals surface area contributed by atoms with Gasteiger partial charge in [-0.1, -0.05) is 37.6 Å². The Morgan fingerprint density at radius 1 is 1.00 bits per heavy atom. The third-order valence-electron chi connectivity index (χ3n) is 5.85. The Morgan fingerprint density at radius 2 is 1.55 bits per heavy atom. The minimum absolute atomic E-state index is 0.120. The van der Waals surface area contributed by atoms with Crippen LogP contribution in [0.4, 0.5) is 4.39 Å². The summed E-state index contributed by atoms with van der Waals surface area (Å²) in [6.07, 6.45) is 4.28. The van der Waals surface area contributed by atoms with Crippen LogP contribution in [0.3, 0.4) is 0 Å². The van der Waals surface area contributed by atoms with Crippen molar-refractivity contribution in [2.75, 3.05) is 40.0 Å². The largest absolute Gasteiger partial charge is 0.493 e. The Morgan fingerprint density at radius 3 is 2.00 bits per heavy atom. The Balaban J connectivity index is 0.000000374. The van der Waals surface area contributed by atoms with Crippen molar-refractivity contribution in [3.8, 4) is 5.75 Å². The number of likely N-dealkylation sites (tertiary alicyclic amines) is 1. The molecule has 0 aromatic heterocycles. The molecule has 2 fully saturated rings. The summed E-state index contributed by atoms with van der Waals surface area (Å²) >= 11 is 0. The van der Waals surface area contributed by atoms with Crippen LogP contribution in [0.2, 0.25) is 0 Å². The van der Waals surface area contributed by atoms with Crippen molar-refractivity contribution in [3.63, 3.8) is 0 Å². The summed E-state index contributed by atoms with van der Waals surface area (Å²) in [5.74, 6) is 0.166.